The third-order valence-electron chi connectivity index (χ3n) is 6.73. The van der Waals surface area contributed by atoms with Crippen molar-refractivity contribution in [2.45, 2.75) is 59.8 Å². The molecule has 1 saturated carbocycles. The summed E-state index contributed by atoms with van der Waals surface area (Å²) in [4.78, 5) is 34.2. The third kappa shape index (κ3) is 4.83. The van der Waals surface area contributed by atoms with Crippen LogP contribution in [-0.4, -0.2) is 34.7 Å². The lowest BCUT2D eigenvalue weighted by molar-refractivity contribution is -0.147. The van der Waals surface area contributed by atoms with Crippen molar-refractivity contribution >= 4 is 17.9 Å². The monoisotopic (exact) mass is 392 g/mol. The molecule has 0 bridgehead atoms. The summed E-state index contributed by atoms with van der Waals surface area (Å²) in [6.07, 6.45) is 9.07. The molecule has 1 fully saturated rings. The number of esters is 1. The zero-order valence-corrected chi connectivity index (χ0v) is 17.2. The van der Waals surface area contributed by atoms with Crippen LogP contribution in [-0.2, 0) is 19.1 Å². The van der Waals surface area contributed by atoms with Gasteiger partial charge in [0.25, 0.3) is 0 Å². The molecule has 2 N–H and O–H groups in total. The highest BCUT2D eigenvalue weighted by molar-refractivity contribution is 5.80. The molecule has 0 aromatic rings. The minimum Gasteiger partial charge on any atom is -0.481 e. The van der Waals surface area contributed by atoms with Crippen molar-refractivity contribution in [2.24, 2.45) is 28.6 Å². The van der Waals surface area contributed by atoms with Gasteiger partial charge in [0.1, 0.15) is 6.61 Å². The predicted octanol–water partition coefficient (Wildman–Crippen LogP) is 4.06. The molecule has 0 radical (unpaired) electrons. The summed E-state index contributed by atoms with van der Waals surface area (Å²) >= 11 is 0. The van der Waals surface area contributed by atoms with E-state index < -0.39 is 23.8 Å². The van der Waals surface area contributed by atoms with Crippen LogP contribution < -0.4 is 0 Å². The number of ether oxygens (including phenoxy) is 1. The predicted molar refractivity (Wildman–Crippen MR) is 105 cm³/mol. The fourth-order valence-corrected chi connectivity index (χ4v) is 5.46. The molecule has 0 amide bonds. The maximum absolute atomic E-state index is 12.0. The standard InChI is InChI=1S/C22H32O6/c1-14(23)28-13-15(12-19(24)25)6-8-17-16(20(26)27)7-9-18-21(2,3)10-5-11-22(17,18)4/h7,9,12,16-18H,5-6,8,10-11,13H2,1-4H3,(H,24,25)(H,26,27)/b15-12+/t16-,17+,18+,22-/m0/s1. The Balaban J connectivity index is 2.28. The van der Waals surface area contributed by atoms with Crippen LogP contribution in [0.5, 0.6) is 0 Å². The van der Waals surface area contributed by atoms with Crippen molar-refractivity contribution in [3.8, 4) is 0 Å². The van der Waals surface area contributed by atoms with Gasteiger partial charge in [0, 0.05) is 13.0 Å². The Morgan fingerprint density at radius 2 is 1.82 bits per heavy atom. The topological polar surface area (TPSA) is 101 Å². The smallest absolute Gasteiger partial charge is 0.328 e. The molecule has 0 aliphatic heterocycles. The van der Waals surface area contributed by atoms with Gasteiger partial charge in [0.2, 0.25) is 0 Å². The number of fused-ring (bicyclic) bond motifs is 1. The van der Waals surface area contributed by atoms with Crippen LogP contribution in [0.25, 0.3) is 0 Å². The third-order valence-corrected chi connectivity index (χ3v) is 6.73. The number of aliphatic carboxylic acids is 2. The molecule has 0 aromatic carbocycles. The molecule has 0 heterocycles. The molecule has 0 saturated heterocycles. The molecule has 0 unspecified atom stereocenters. The Bertz CT molecular complexity index is 689. The van der Waals surface area contributed by atoms with Gasteiger partial charge in [-0.15, -0.1) is 0 Å². The number of carboxylic acids is 2. The van der Waals surface area contributed by atoms with Crippen LogP contribution in [0.3, 0.4) is 0 Å². The molecule has 0 spiro atoms. The van der Waals surface area contributed by atoms with Gasteiger partial charge >= 0.3 is 17.9 Å². The van der Waals surface area contributed by atoms with Crippen molar-refractivity contribution in [3.05, 3.63) is 23.8 Å². The van der Waals surface area contributed by atoms with E-state index in [0.29, 0.717) is 18.4 Å². The van der Waals surface area contributed by atoms with Gasteiger partial charge in [-0.3, -0.25) is 9.59 Å². The van der Waals surface area contributed by atoms with Crippen LogP contribution in [0.1, 0.15) is 59.8 Å². The van der Waals surface area contributed by atoms with Crippen LogP contribution >= 0.6 is 0 Å². The first-order chi connectivity index (χ1) is 13.0. The molecule has 6 heteroatoms. The summed E-state index contributed by atoms with van der Waals surface area (Å²) in [6.45, 7) is 7.88. The van der Waals surface area contributed by atoms with Crippen LogP contribution in [0.15, 0.2) is 23.8 Å². The highest BCUT2D eigenvalue weighted by Gasteiger charge is 2.53. The number of hydrogen-bond donors (Lipinski definition) is 2. The molecule has 4 atom stereocenters. The first-order valence-electron chi connectivity index (χ1n) is 9.94. The van der Waals surface area contributed by atoms with Crippen molar-refractivity contribution < 1.29 is 29.3 Å². The fraction of sp³-hybridized carbons (Fsp3) is 0.682. The number of carbonyl (C=O) groups is 3. The van der Waals surface area contributed by atoms with Gasteiger partial charge < -0.3 is 14.9 Å². The van der Waals surface area contributed by atoms with E-state index in [0.717, 1.165) is 25.3 Å². The minimum absolute atomic E-state index is 0.0758. The highest BCUT2D eigenvalue weighted by Crippen LogP contribution is 2.60. The van der Waals surface area contributed by atoms with E-state index in [2.05, 4.69) is 26.8 Å². The van der Waals surface area contributed by atoms with Crippen molar-refractivity contribution in [2.75, 3.05) is 6.61 Å². The average molecular weight is 392 g/mol. The van der Waals surface area contributed by atoms with Crippen molar-refractivity contribution in [1.29, 1.82) is 0 Å². The van der Waals surface area contributed by atoms with Crippen LogP contribution in [0.4, 0.5) is 0 Å². The van der Waals surface area contributed by atoms with Gasteiger partial charge in [-0.05, 0) is 53.9 Å². The van der Waals surface area contributed by atoms with E-state index in [1.807, 2.05) is 6.08 Å². The first-order valence-corrected chi connectivity index (χ1v) is 9.94. The Morgan fingerprint density at radius 1 is 1.14 bits per heavy atom. The quantitative estimate of drug-likeness (QED) is 0.385. The summed E-state index contributed by atoms with van der Waals surface area (Å²) in [5.41, 5.74) is 0.439. The van der Waals surface area contributed by atoms with E-state index >= 15 is 0 Å². The van der Waals surface area contributed by atoms with Gasteiger partial charge in [-0.2, -0.15) is 0 Å². The van der Waals surface area contributed by atoms with Crippen molar-refractivity contribution in [3.63, 3.8) is 0 Å². The van der Waals surface area contributed by atoms with E-state index in [4.69, 9.17) is 9.84 Å². The minimum atomic E-state index is -1.09. The normalized spacial score (nSPS) is 31.7. The number of rotatable bonds is 7. The second kappa shape index (κ2) is 8.50. The van der Waals surface area contributed by atoms with E-state index in [-0.39, 0.29) is 29.3 Å². The lowest BCUT2D eigenvalue weighted by atomic mass is 9.48. The molecule has 2 aliphatic rings. The highest BCUT2D eigenvalue weighted by atomic mass is 16.5. The summed E-state index contributed by atoms with van der Waals surface area (Å²) in [7, 11) is 0. The molecule has 28 heavy (non-hydrogen) atoms. The second-order valence-corrected chi connectivity index (χ2v) is 9.14. The zero-order chi connectivity index (χ0) is 21.1. The SMILES string of the molecule is CC(=O)OC/C(=C/C(=O)O)CC[C@@H]1[C@@H](C(=O)O)C=C[C@@H]2C(C)(C)CCC[C@@]12C. The Hall–Kier alpha value is -2.11. The summed E-state index contributed by atoms with van der Waals surface area (Å²) in [5, 5.41) is 18.9. The molecule has 6 nitrogen and oxygen atoms in total. The largest absolute Gasteiger partial charge is 0.481 e. The fourth-order valence-electron chi connectivity index (χ4n) is 5.46. The Kier molecular flexibility index (Phi) is 6.73. The molecule has 2 rings (SSSR count). The molecular weight excluding hydrogens is 360 g/mol. The maximum Gasteiger partial charge on any atom is 0.328 e. The molecule has 0 aromatic heterocycles. The molecular formula is C22H32O6. The lowest BCUT2D eigenvalue weighted by Gasteiger charge is -2.56. The number of carbonyl (C=O) groups excluding carboxylic acids is 1. The van der Waals surface area contributed by atoms with E-state index in [1.165, 1.54) is 6.92 Å². The van der Waals surface area contributed by atoms with Gasteiger partial charge in [0.15, 0.2) is 0 Å². The Morgan fingerprint density at radius 3 is 2.39 bits per heavy atom. The summed E-state index contributed by atoms with van der Waals surface area (Å²) in [5.74, 6) is -2.81. The van der Waals surface area contributed by atoms with Gasteiger partial charge in [0.05, 0.1) is 5.92 Å². The van der Waals surface area contributed by atoms with Crippen LogP contribution in [0.2, 0.25) is 0 Å². The summed E-state index contributed by atoms with van der Waals surface area (Å²) in [6, 6.07) is 0. The summed E-state index contributed by atoms with van der Waals surface area (Å²) < 4.78 is 4.98. The average Bonchev–Trinajstić information content (AvgIpc) is 2.55. The second-order valence-electron chi connectivity index (χ2n) is 9.14. The lowest BCUT2D eigenvalue weighted by Crippen LogP contribution is -2.50. The Labute approximate surface area is 166 Å². The van der Waals surface area contributed by atoms with E-state index in [9.17, 15) is 19.5 Å². The number of hydrogen-bond acceptors (Lipinski definition) is 4. The first kappa shape index (κ1) is 22.2. The van der Waals surface area contributed by atoms with Crippen molar-refractivity contribution in [1.82, 2.24) is 0 Å². The van der Waals surface area contributed by atoms with Crippen LogP contribution in [0, 0.1) is 28.6 Å². The molecule has 2 aliphatic carbocycles. The number of carboxylic acid groups (broad SMARTS) is 2. The number of allylic oxidation sites excluding steroid dienone is 1. The zero-order valence-electron chi connectivity index (χ0n) is 17.2. The van der Waals surface area contributed by atoms with E-state index in [1.54, 1.807) is 0 Å². The molecule has 156 valence electrons. The van der Waals surface area contributed by atoms with Gasteiger partial charge in [-0.25, -0.2) is 4.79 Å². The maximum atomic E-state index is 12.0. The van der Waals surface area contributed by atoms with Gasteiger partial charge in [-0.1, -0.05) is 39.3 Å².